The minimum atomic E-state index is 0.618. The summed E-state index contributed by atoms with van der Waals surface area (Å²) >= 11 is 5.01. The van der Waals surface area contributed by atoms with Gasteiger partial charge >= 0.3 is 0 Å². The number of methoxy groups -OCH3 is 1. The SMILES string of the molecule is COc1cc(C=O)c(Br)c2ccsc12. The van der Waals surface area contributed by atoms with Crippen molar-refractivity contribution in [3.63, 3.8) is 0 Å². The van der Waals surface area contributed by atoms with Crippen LogP contribution in [0.3, 0.4) is 0 Å². The summed E-state index contributed by atoms with van der Waals surface area (Å²) in [5.74, 6) is 0.750. The molecular formula is C10H7BrO2S. The van der Waals surface area contributed by atoms with Crippen LogP contribution in [0.2, 0.25) is 0 Å². The van der Waals surface area contributed by atoms with E-state index < -0.39 is 0 Å². The van der Waals surface area contributed by atoms with Gasteiger partial charge in [0.1, 0.15) is 5.75 Å². The zero-order valence-corrected chi connectivity index (χ0v) is 9.81. The van der Waals surface area contributed by atoms with Crippen molar-refractivity contribution in [1.82, 2.24) is 0 Å². The van der Waals surface area contributed by atoms with Gasteiger partial charge in [0.05, 0.1) is 11.8 Å². The summed E-state index contributed by atoms with van der Waals surface area (Å²) in [5.41, 5.74) is 0.618. The lowest BCUT2D eigenvalue weighted by Crippen LogP contribution is -1.88. The monoisotopic (exact) mass is 270 g/mol. The summed E-state index contributed by atoms with van der Waals surface area (Å²) in [6, 6.07) is 3.72. The molecule has 0 fully saturated rings. The van der Waals surface area contributed by atoms with Gasteiger partial charge in [0.15, 0.2) is 6.29 Å². The highest BCUT2D eigenvalue weighted by Crippen LogP contribution is 2.37. The molecule has 0 atom stereocenters. The predicted molar refractivity (Wildman–Crippen MR) is 61.5 cm³/mol. The van der Waals surface area contributed by atoms with Crippen molar-refractivity contribution in [3.8, 4) is 5.75 Å². The van der Waals surface area contributed by atoms with Crippen LogP contribution < -0.4 is 4.74 Å². The number of ether oxygens (including phenoxy) is 1. The molecule has 0 saturated heterocycles. The molecule has 0 amide bonds. The van der Waals surface area contributed by atoms with E-state index in [9.17, 15) is 4.79 Å². The van der Waals surface area contributed by atoms with Gasteiger partial charge < -0.3 is 4.74 Å². The second-order valence-corrected chi connectivity index (χ2v) is 4.47. The fraction of sp³-hybridized carbons (Fsp3) is 0.100. The molecule has 0 radical (unpaired) electrons. The molecule has 2 nitrogen and oxygen atoms in total. The van der Waals surface area contributed by atoms with Crippen molar-refractivity contribution in [2.45, 2.75) is 0 Å². The Hall–Kier alpha value is -0.870. The molecule has 0 N–H and O–H groups in total. The minimum Gasteiger partial charge on any atom is -0.495 e. The Kier molecular flexibility index (Phi) is 2.56. The minimum absolute atomic E-state index is 0.618. The number of thiophene rings is 1. The summed E-state index contributed by atoms with van der Waals surface area (Å²) in [6.45, 7) is 0. The second-order valence-electron chi connectivity index (χ2n) is 2.76. The number of halogens is 1. The number of carbonyl (C=O) groups excluding carboxylic acids is 1. The van der Waals surface area contributed by atoms with Gasteiger partial charge in [-0.25, -0.2) is 0 Å². The number of carbonyl (C=O) groups is 1. The third-order valence-corrected chi connectivity index (χ3v) is 3.83. The third-order valence-electron chi connectivity index (χ3n) is 2.01. The Balaban J connectivity index is 2.86. The Morgan fingerprint density at radius 3 is 3.00 bits per heavy atom. The van der Waals surface area contributed by atoms with Gasteiger partial charge in [0.25, 0.3) is 0 Å². The predicted octanol–water partition coefficient (Wildman–Crippen LogP) is 3.48. The highest BCUT2D eigenvalue weighted by Gasteiger charge is 2.10. The quantitative estimate of drug-likeness (QED) is 0.781. The number of benzene rings is 1. The normalized spacial score (nSPS) is 10.4. The average Bonchev–Trinajstić information content (AvgIpc) is 2.68. The smallest absolute Gasteiger partial charge is 0.151 e. The van der Waals surface area contributed by atoms with Crippen LogP contribution in [0.25, 0.3) is 10.1 Å². The van der Waals surface area contributed by atoms with E-state index in [0.717, 1.165) is 26.6 Å². The van der Waals surface area contributed by atoms with Crippen LogP contribution in [0.5, 0.6) is 5.75 Å². The molecule has 0 unspecified atom stereocenters. The lowest BCUT2D eigenvalue weighted by atomic mass is 10.2. The molecule has 0 bridgehead atoms. The summed E-state index contributed by atoms with van der Waals surface area (Å²) in [4.78, 5) is 10.8. The van der Waals surface area contributed by atoms with Crippen molar-refractivity contribution < 1.29 is 9.53 Å². The highest BCUT2D eigenvalue weighted by molar-refractivity contribution is 9.10. The standard InChI is InChI=1S/C10H7BrO2S/c1-13-8-4-6(5-12)9(11)7-2-3-14-10(7)8/h2-5H,1H3. The maximum atomic E-state index is 10.8. The van der Waals surface area contributed by atoms with E-state index >= 15 is 0 Å². The van der Waals surface area contributed by atoms with Crippen LogP contribution >= 0.6 is 27.3 Å². The van der Waals surface area contributed by atoms with Gasteiger partial charge in [0, 0.05) is 15.4 Å². The first-order chi connectivity index (χ1) is 6.77. The van der Waals surface area contributed by atoms with E-state index in [1.807, 2.05) is 11.4 Å². The van der Waals surface area contributed by atoms with Gasteiger partial charge in [-0.3, -0.25) is 4.79 Å². The number of hydrogen-bond acceptors (Lipinski definition) is 3. The van der Waals surface area contributed by atoms with E-state index in [1.54, 1.807) is 24.5 Å². The maximum absolute atomic E-state index is 10.8. The number of aldehydes is 1. The molecule has 0 saturated carbocycles. The van der Waals surface area contributed by atoms with Gasteiger partial charge in [-0.05, 0) is 33.4 Å². The van der Waals surface area contributed by atoms with Crippen LogP contribution in [0, 0.1) is 0 Å². The van der Waals surface area contributed by atoms with Crippen LogP contribution in [0.1, 0.15) is 10.4 Å². The Morgan fingerprint density at radius 2 is 2.36 bits per heavy atom. The molecule has 1 aromatic heterocycles. The molecule has 14 heavy (non-hydrogen) atoms. The van der Waals surface area contributed by atoms with Crippen LogP contribution in [-0.4, -0.2) is 13.4 Å². The van der Waals surface area contributed by atoms with Crippen molar-refractivity contribution >= 4 is 43.6 Å². The number of rotatable bonds is 2. The van der Waals surface area contributed by atoms with E-state index in [1.165, 1.54) is 0 Å². The fourth-order valence-electron chi connectivity index (χ4n) is 1.34. The van der Waals surface area contributed by atoms with E-state index in [4.69, 9.17) is 4.74 Å². The van der Waals surface area contributed by atoms with Crippen molar-refractivity contribution in [2.75, 3.05) is 7.11 Å². The molecule has 0 aliphatic heterocycles. The molecular weight excluding hydrogens is 264 g/mol. The molecule has 4 heteroatoms. The summed E-state index contributed by atoms with van der Waals surface area (Å²) < 4.78 is 7.11. The topological polar surface area (TPSA) is 26.3 Å². The van der Waals surface area contributed by atoms with Crippen LogP contribution in [0.4, 0.5) is 0 Å². The first-order valence-corrected chi connectivity index (χ1v) is 5.64. The van der Waals surface area contributed by atoms with Crippen molar-refractivity contribution in [2.24, 2.45) is 0 Å². The molecule has 2 aromatic rings. The number of fused-ring (bicyclic) bond motifs is 1. The zero-order valence-electron chi connectivity index (χ0n) is 7.41. The average molecular weight is 271 g/mol. The van der Waals surface area contributed by atoms with E-state index in [2.05, 4.69) is 15.9 Å². The summed E-state index contributed by atoms with van der Waals surface area (Å²) in [6.07, 6.45) is 0.823. The van der Waals surface area contributed by atoms with E-state index in [-0.39, 0.29) is 0 Å². The molecule has 1 aromatic carbocycles. The van der Waals surface area contributed by atoms with Crippen molar-refractivity contribution in [1.29, 1.82) is 0 Å². The van der Waals surface area contributed by atoms with Gasteiger partial charge in [-0.15, -0.1) is 11.3 Å². The Morgan fingerprint density at radius 1 is 1.57 bits per heavy atom. The Bertz CT molecular complexity index is 490. The first kappa shape index (κ1) is 9.68. The molecule has 72 valence electrons. The molecule has 0 spiro atoms. The second kappa shape index (κ2) is 3.71. The Labute approximate surface area is 93.6 Å². The highest BCUT2D eigenvalue weighted by atomic mass is 79.9. The first-order valence-electron chi connectivity index (χ1n) is 3.96. The lowest BCUT2D eigenvalue weighted by Gasteiger charge is -2.04. The summed E-state index contributed by atoms with van der Waals surface area (Å²) in [5, 5.41) is 3.00. The van der Waals surface area contributed by atoms with Crippen molar-refractivity contribution in [3.05, 3.63) is 27.5 Å². The molecule has 2 rings (SSSR count). The van der Waals surface area contributed by atoms with E-state index in [0.29, 0.717) is 5.56 Å². The van der Waals surface area contributed by atoms with Crippen LogP contribution in [-0.2, 0) is 0 Å². The van der Waals surface area contributed by atoms with Gasteiger partial charge in [-0.2, -0.15) is 0 Å². The number of hydrogen-bond donors (Lipinski definition) is 0. The summed E-state index contributed by atoms with van der Waals surface area (Å²) in [7, 11) is 1.61. The lowest BCUT2D eigenvalue weighted by molar-refractivity contribution is 0.112. The zero-order chi connectivity index (χ0) is 10.1. The third kappa shape index (κ3) is 1.35. The molecule has 0 aliphatic rings. The maximum Gasteiger partial charge on any atom is 0.151 e. The molecule has 0 aliphatic carbocycles. The largest absolute Gasteiger partial charge is 0.495 e. The molecule has 1 heterocycles. The van der Waals surface area contributed by atoms with Gasteiger partial charge in [-0.1, -0.05) is 0 Å². The van der Waals surface area contributed by atoms with Crippen LogP contribution in [0.15, 0.2) is 22.0 Å². The fourth-order valence-corrected chi connectivity index (χ4v) is 2.90. The van der Waals surface area contributed by atoms with Gasteiger partial charge in [0.2, 0.25) is 0 Å².